The van der Waals surface area contributed by atoms with Gasteiger partial charge in [-0.05, 0) is 75.2 Å². The van der Waals surface area contributed by atoms with E-state index >= 15 is 0 Å². The number of aryl methyl sites for hydroxylation is 2. The molecule has 0 saturated carbocycles. The molecule has 2 aromatic heterocycles. The average molecular weight is 369 g/mol. The minimum Gasteiger partial charge on any atom is -0.303 e. The van der Waals surface area contributed by atoms with Crippen molar-refractivity contribution in [2.24, 2.45) is 0 Å². The Balaban J connectivity index is 1.98. The van der Waals surface area contributed by atoms with Gasteiger partial charge >= 0.3 is 0 Å². The molecule has 1 fully saturated rings. The second-order valence-corrected chi connectivity index (χ2v) is 7.66. The first kappa shape index (κ1) is 18.5. The molecule has 1 atom stereocenters. The fourth-order valence-corrected chi connectivity index (χ4v) is 3.98. The third-order valence-electron chi connectivity index (χ3n) is 4.74. The van der Waals surface area contributed by atoms with Gasteiger partial charge in [0.05, 0.1) is 4.91 Å². The van der Waals surface area contributed by atoms with Crippen molar-refractivity contribution in [3.8, 4) is 5.82 Å². The van der Waals surface area contributed by atoms with Crippen LogP contribution in [0.4, 0.5) is 4.79 Å². The highest BCUT2D eigenvalue weighted by molar-refractivity contribution is 8.18. The van der Waals surface area contributed by atoms with Crippen molar-refractivity contribution in [3.05, 3.63) is 51.8 Å². The summed E-state index contributed by atoms with van der Waals surface area (Å²) >= 11 is 1.02. The van der Waals surface area contributed by atoms with Gasteiger partial charge < -0.3 is 4.57 Å². The lowest BCUT2D eigenvalue weighted by molar-refractivity contribution is -0.124. The first-order valence-electron chi connectivity index (χ1n) is 8.72. The van der Waals surface area contributed by atoms with E-state index in [-0.39, 0.29) is 17.2 Å². The van der Waals surface area contributed by atoms with Crippen molar-refractivity contribution in [3.63, 3.8) is 0 Å². The first-order chi connectivity index (χ1) is 12.3. The summed E-state index contributed by atoms with van der Waals surface area (Å²) in [6.07, 6.45) is 4.41. The monoisotopic (exact) mass is 369 g/mol. The van der Waals surface area contributed by atoms with Gasteiger partial charge in [-0.15, -0.1) is 0 Å². The van der Waals surface area contributed by atoms with E-state index < -0.39 is 0 Å². The molecule has 0 spiro atoms. The number of aromatic nitrogens is 2. The van der Waals surface area contributed by atoms with Gasteiger partial charge in [0, 0.05) is 23.6 Å². The average Bonchev–Trinajstić information content (AvgIpc) is 3.04. The van der Waals surface area contributed by atoms with E-state index in [9.17, 15) is 9.59 Å². The Hall–Kier alpha value is -2.34. The predicted octanol–water partition coefficient (Wildman–Crippen LogP) is 4.63. The summed E-state index contributed by atoms with van der Waals surface area (Å²) in [6.45, 7) is 9.88. The van der Waals surface area contributed by atoms with Crippen LogP contribution in [-0.2, 0) is 4.79 Å². The number of carbonyl (C=O) groups excluding carboxylic acids is 2. The Kier molecular flexibility index (Phi) is 5.05. The van der Waals surface area contributed by atoms with E-state index in [1.54, 1.807) is 0 Å². The first-order valence-corrected chi connectivity index (χ1v) is 9.54. The summed E-state index contributed by atoms with van der Waals surface area (Å²) in [7, 11) is 0. The molecule has 3 heterocycles. The SMILES string of the molecule is CC[C@H](C)N1C(=O)S/C(=C\c2cc(C)n(-c3ccc(C)cn3)c2C)C1=O. The molecule has 0 aliphatic carbocycles. The summed E-state index contributed by atoms with van der Waals surface area (Å²) in [5.74, 6) is 0.644. The number of imide groups is 1. The Morgan fingerprint density at radius 2 is 1.96 bits per heavy atom. The van der Waals surface area contributed by atoms with Crippen LogP contribution in [0.5, 0.6) is 0 Å². The van der Waals surface area contributed by atoms with Crippen LogP contribution in [0, 0.1) is 20.8 Å². The molecule has 2 aromatic rings. The minimum absolute atomic E-state index is 0.0856. The zero-order valence-corrected chi connectivity index (χ0v) is 16.6. The quantitative estimate of drug-likeness (QED) is 0.737. The smallest absolute Gasteiger partial charge is 0.293 e. The fraction of sp³-hybridized carbons (Fsp3) is 0.350. The molecule has 0 unspecified atom stereocenters. The molecule has 26 heavy (non-hydrogen) atoms. The maximum Gasteiger partial charge on any atom is 0.293 e. The summed E-state index contributed by atoms with van der Waals surface area (Å²) in [4.78, 5) is 31.2. The number of hydrogen-bond donors (Lipinski definition) is 0. The molecule has 0 aromatic carbocycles. The van der Waals surface area contributed by atoms with Gasteiger partial charge in [-0.1, -0.05) is 13.0 Å². The molecule has 2 amide bonds. The molecular weight excluding hydrogens is 346 g/mol. The summed E-state index contributed by atoms with van der Waals surface area (Å²) < 4.78 is 2.06. The number of thioether (sulfide) groups is 1. The van der Waals surface area contributed by atoms with Crippen LogP contribution >= 0.6 is 11.8 Å². The molecule has 1 saturated heterocycles. The zero-order chi connectivity index (χ0) is 19.0. The van der Waals surface area contributed by atoms with Gasteiger partial charge in [0.15, 0.2) is 0 Å². The lowest BCUT2D eigenvalue weighted by Gasteiger charge is -2.19. The molecular formula is C20H23N3O2S. The van der Waals surface area contributed by atoms with Crippen molar-refractivity contribution in [2.75, 3.05) is 0 Å². The highest BCUT2D eigenvalue weighted by atomic mass is 32.2. The largest absolute Gasteiger partial charge is 0.303 e. The lowest BCUT2D eigenvalue weighted by Crippen LogP contribution is -2.36. The van der Waals surface area contributed by atoms with Gasteiger partial charge in [0.25, 0.3) is 11.1 Å². The second-order valence-electron chi connectivity index (χ2n) is 6.66. The third-order valence-corrected chi connectivity index (χ3v) is 5.62. The Labute approximate surface area is 158 Å². The molecule has 3 rings (SSSR count). The Morgan fingerprint density at radius 3 is 2.58 bits per heavy atom. The van der Waals surface area contributed by atoms with E-state index in [0.717, 1.165) is 46.5 Å². The van der Waals surface area contributed by atoms with E-state index in [4.69, 9.17) is 0 Å². The summed E-state index contributed by atoms with van der Waals surface area (Å²) in [5.41, 5.74) is 4.06. The normalized spacial score (nSPS) is 17.4. The number of nitrogens with zero attached hydrogens (tertiary/aromatic N) is 3. The van der Waals surface area contributed by atoms with E-state index in [2.05, 4.69) is 9.55 Å². The maximum atomic E-state index is 12.6. The van der Waals surface area contributed by atoms with Gasteiger partial charge in [0.1, 0.15) is 5.82 Å². The second kappa shape index (κ2) is 7.11. The predicted molar refractivity (Wildman–Crippen MR) is 105 cm³/mol. The van der Waals surface area contributed by atoms with Crippen molar-refractivity contribution < 1.29 is 9.59 Å². The number of carbonyl (C=O) groups is 2. The number of pyridine rings is 1. The van der Waals surface area contributed by atoms with Gasteiger partial charge in [0.2, 0.25) is 0 Å². The fourth-order valence-electron chi connectivity index (χ4n) is 3.06. The Morgan fingerprint density at radius 1 is 1.23 bits per heavy atom. The highest BCUT2D eigenvalue weighted by Crippen LogP contribution is 2.35. The molecule has 1 aliphatic rings. The van der Waals surface area contributed by atoms with Gasteiger partial charge in [-0.3, -0.25) is 14.5 Å². The van der Waals surface area contributed by atoms with Crippen LogP contribution in [0.15, 0.2) is 29.3 Å². The van der Waals surface area contributed by atoms with Crippen LogP contribution in [0.3, 0.4) is 0 Å². The molecule has 0 bridgehead atoms. The summed E-state index contributed by atoms with van der Waals surface area (Å²) in [6, 6.07) is 5.94. The number of hydrogen-bond acceptors (Lipinski definition) is 4. The number of amides is 2. The van der Waals surface area contributed by atoms with Gasteiger partial charge in [-0.2, -0.15) is 0 Å². The van der Waals surface area contributed by atoms with Crippen molar-refractivity contribution in [1.82, 2.24) is 14.5 Å². The molecule has 6 heteroatoms. The molecule has 0 N–H and O–H groups in total. The molecule has 1 aliphatic heterocycles. The van der Waals surface area contributed by atoms with Crippen molar-refractivity contribution >= 4 is 29.0 Å². The van der Waals surface area contributed by atoms with Crippen LogP contribution in [0.25, 0.3) is 11.9 Å². The van der Waals surface area contributed by atoms with Crippen molar-refractivity contribution in [2.45, 2.75) is 47.1 Å². The zero-order valence-electron chi connectivity index (χ0n) is 15.7. The topological polar surface area (TPSA) is 55.2 Å². The van der Waals surface area contributed by atoms with Gasteiger partial charge in [-0.25, -0.2) is 4.98 Å². The Bertz CT molecular complexity index is 897. The standard InChI is InChI=1S/C20H23N3O2S/c1-6-13(3)23-19(24)17(26-20(23)25)10-16-9-14(4)22(15(16)5)18-8-7-12(2)11-21-18/h7-11,13H,6H2,1-5H3/b17-10-/t13-/m0/s1. The van der Waals surface area contributed by atoms with Crippen LogP contribution in [-0.4, -0.2) is 31.6 Å². The van der Waals surface area contributed by atoms with Crippen LogP contribution < -0.4 is 0 Å². The summed E-state index contributed by atoms with van der Waals surface area (Å²) in [5, 5.41) is -0.190. The lowest BCUT2D eigenvalue weighted by atomic mass is 10.2. The van der Waals surface area contributed by atoms with E-state index in [0.29, 0.717) is 4.91 Å². The molecule has 0 radical (unpaired) electrons. The number of rotatable bonds is 4. The minimum atomic E-state index is -0.201. The molecule has 5 nitrogen and oxygen atoms in total. The third kappa shape index (κ3) is 3.21. The highest BCUT2D eigenvalue weighted by Gasteiger charge is 2.37. The maximum absolute atomic E-state index is 12.6. The van der Waals surface area contributed by atoms with Crippen LogP contribution in [0.1, 0.15) is 42.8 Å². The van der Waals surface area contributed by atoms with E-state index in [1.807, 2.05) is 65.1 Å². The molecule has 136 valence electrons. The van der Waals surface area contributed by atoms with Crippen LogP contribution in [0.2, 0.25) is 0 Å². The van der Waals surface area contributed by atoms with E-state index in [1.165, 1.54) is 4.90 Å². The van der Waals surface area contributed by atoms with Crippen molar-refractivity contribution in [1.29, 1.82) is 0 Å².